The number of amides is 3. The number of urea groups is 1. The Kier molecular flexibility index (Phi) is 6.88. The average Bonchev–Trinajstić information content (AvgIpc) is 2.36. The smallest absolute Gasteiger partial charge is 0.321 e. The van der Waals surface area contributed by atoms with E-state index in [0.29, 0.717) is 17.5 Å². The second-order valence-corrected chi connectivity index (χ2v) is 6.66. The summed E-state index contributed by atoms with van der Waals surface area (Å²) in [5.41, 5.74) is 0. The Hall–Kier alpha value is -1.20. The van der Waals surface area contributed by atoms with Crippen molar-refractivity contribution in [1.29, 1.82) is 0 Å². The minimum absolute atomic E-state index is 0.323. The second kappa shape index (κ2) is 8.17. The lowest BCUT2D eigenvalue weighted by molar-refractivity contribution is -0.119. The highest BCUT2D eigenvalue weighted by Crippen LogP contribution is 2.25. The summed E-state index contributed by atoms with van der Waals surface area (Å²) >= 11 is 7.24. The van der Waals surface area contributed by atoms with Crippen LogP contribution in [0.2, 0.25) is 5.02 Å². The van der Waals surface area contributed by atoms with Gasteiger partial charge in [-0.05, 0) is 31.0 Å². The van der Waals surface area contributed by atoms with Gasteiger partial charge in [0.25, 0.3) is 0 Å². The van der Waals surface area contributed by atoms with Crippen molar-refractivity contribution < 1.29 is 9.59 Å². The second-order valence-electron chi connectivity index (χ2n) is 4.81. The Morgan fingerprint density at radius 1 is 1.30 bits per heavy atom. The van der Waals surface area contributed by atoms with Gasteiger partial charge in [0.2, 0.25) is 5.91 Å². The third-order valence-corrected chi connectivity index (χ3v) is 3.71. The molecule has 1 unspecified atom stereocenters. The third kappa shape index (κ3) is 6.30. The molecule has 0 aliphatic heterocycles. The van der Waals surface area contributed by atoms with Crippen LogP contribution in [-0.2, 0) is 4.79 Å². The zero-order chi connectivity index (χ0) is 15.1. The SMILES string of the molecule is CC(C)CNC(=O)NC(=O)C(C)Sc1cccc(Cl)c1. The molecule has 0 heterocycles. The van der Waals surface area contributed by atoms with Crippen LogP contribution in [0.1, 0.15) is 20.8 Å². The molecule has 0 fully saturated rings. The molecular weight excluding hydrogens is 296 g/mol. The van der Waals surface area contributed by atoms with Gasteiger partial charge in [0, 0.05) is 16.5 Å². The van der Waals surface area contributed by atoms with E-state index >= 15 is 0 Å². The Morgan fingerprint density at radius 3 is 2.60 bits per heavy atom. The number of halogens is 1. The average molecular weight is 315 g/mol. The number of hydrogen-bond acceptors (Lipinski definition) is 3. The lowest BCUT2D eigenvalue weighted by Crippen LogP contribution is -2.43. The van der Waals surface area contributed by atoms with Gasteiger partial charge >= 0.3 is 6.03 Å². The fraction of sp³-hybridized carbons (Fsp3) is 0.429. The van der Waals surface area contributed by atoms with Crippen LogP contribution in [-0.4, -0.2) is 23.7 Å². The van der Waals surface area contributed by atoms with Crippen LogP contribution in [0.25, 0.3) is 0 Å². The van der Waals surface area contributed by atoms with Crippen molar-refractivity contribution >= 4 is 35.3 Å². The molecule has 1 atom stereocenters. The summed E-state index contributed by atoms with van der Waals surface area (Å²) in [5.74, 6) is 0.0188. The molecule has 3 amide bonds. The number of rotatable bonds is 5. The Bertz CT molecular complexity index is 480. The molecule has 0 saturated heterocycles. The Morgan fingerprint density at radius 2 is 2.00 bits per heavy atom. The van der Waals surface area contributed by atoms with Gasteiger partial charge < -0.3 is 5.32 Å². The van der Waals surface area contributed by atoms with E-state index in [-0.39, 0.29) is 11.2 Å². The van der Waals surface area contributed by atoms with E-state index < -0.39 is 6.03 Å². The zero-order valence-corrected chi connectivity index (χ0v) is 13.3. The quantitative estimate of drug-likeness (QED) is 0.820. The molecule has 110 valence electrons. The van der Waals surface area contributed by atoms with Crippen LogP contribution >= 0.6 is 23.4 Å². The minimum atomic E-state index is -0.456. The number of benzene rings is 1. The molecule has 0 aliphatic carbocycles. The normalized spacial score (nSPS) is 12.1. The maximum Gasteiger partial charge on any atom is 0.321 e. The highest BCUT2D eigenvalue weighted by atomic mass is 35.5. The minimum Gasteiger partial charge on any atom is -0.338 e. The number of imide groups is 1. The van der Waals surface area contributed by atoms with E-state index in [0.717, 1.165) is 4.90 Å². The number of carbonyl (C=O) groups excluding carboxylic acids is 2. The highest BCUT2D eigenvalue weighted by Gasteiger charge is 2.17. The molecule has 2 N–H and O–H groups in total. The fourth-order valence-electron chi connectivity index (χ4n) is 1.35. The van der Waals surface area contributed by atoms with Crippen LogP contribution in [0, 0.1) is 5.92 Å². The van der Waals surface area contributed by atoms with E-state index in [1.165, 1.54) is 11.8 Å². The maximum atomic E-state index is 11.9. The molecule has 0 bridgehead atoms. The van der Waals surface area contributed by atoms with E-state index in [2.05, 4.69) is 10.6 Å². The highest BCUT2D eigenvalue weighted by molar-refractivity contribution is 8.00. The van der Waals surface area contributed by atoms with Crippen molar-refractivity contribution in [2.24, 2.45) is 5.92 Å². The standard InChI is InChI=1S/C14H19ClN2O2S/c1-9(2)8-16-14(19)17-13(18)10(3)20-12-6-4-5-11(15)7-12/h4-7,9-10H,8H2,1-3H3,(H2,16,17,18,19). The summed E-state index contributed by atoms with van der Waals surface area (Å²) in [7, 11) is 0. The van der Waals surface area contributed by atoms with Crippen LogP contribution in [0.15, 0.2) is 29.2 Å². The summed E-state index contributed by atoms with van der Waals surface area (Å²) in [5, 5.41) is 5.21. The summed E-state index contributed by atoms with van der Waals surface area (Å²) < 4.78 is 0. The van der Waals surface area contributed by atoms with Gasteiger partial charge in [-0.2, -0.15) is 0 Å². The molecule has 0 radical (unpaired) electrons. The van der Waals surface area contributed by atoms with Crippen LogP contribution in [0.4, 0.5) is 4.79 Å². The summed E-state index contributed by atoms with van der Waals surface area (Å²) in [6.07, 6.45) is 0. The summed E-state index contributed by atoms with van der Waals surface area (Å²) in [6, 6.07) is 6.80. The van der Waals surface area contributed by atoms with Crippen molar-refractivity contribution in [3.05, 3.63) is 29.3 Å². The molecule has 20 heavy (non-hydrogen) atoms. The molecule has 0 aliphatic rings. The molecule has 0 aromatic heterocycles. The predicted molar refractivity (Wildman–Crippen MR) is 83.2 cm³/mol. The van der Waals surface area contributed by atoms with Gasteiger partial charge in [0.15, 0.2) is 0 Å². The number of nitrogens with one attached hydrogen (secondary N) is 2. The van der Waals surface area contributed by atoms with Crippen LogP contribution in [0.3, 0.4) is 0 Å². The molecule has 1 aromatic rings. The van der Waals surface area contributed by atoms with Gasteiger partial charge in [0.05, 0.1) is 5.25 Å². The van der Waals surface area contributed by atoms with E-state index in [9.17, 15) is 9.59 Å². The van der Waals surface area contributed by atoms with Crippen molar-refractivity contribution in [2.75, 3.05) is 6.54 Å². The molecule has 0 spiro atoms. The molecule has 1 rings (SSSR count). The molecular formula is C14H19ClN2O2S. The predicted octanol–water partition coefficient (Wildman–Crippen LogP) is 3.30. The van der Waals surface area contributed by atoms with Gasteiger partial charge in [-0.1, -0.05) is 31.5 Å². The first kappa shape index (κ1) is 16.9. The van der Waals surface area contributed by atoms with Crippen molar-refractivity contribution in [1.82, 2.24) is 10.6 Å². The first-order chi connectivity index (χ1) is 9.38. The van der Waals surface area contributed by atoms with Crippen molar-refractivity contribution in [2.45, 2.75) is 30.9 Å². The van der Waals surface area contributed by atoms with Crippen LogP contribution < -0.4 is 10.6 Å². The number of hydrogen-bond donors (Lipinski definition) is 2. The molecule has 6 heteroatoms. The Labute approximate surface area is 128 Å². The van der Waals surface area contributed by atoms with Crippen molar-refractivity contribution in [3.8, 4) is 0 Å². The Balaban J connectivity index is 2.45. The summed E-state index contributed by atoms with van der Waals surface area (Å²) in [6.45, 7) is 6.25. The fourth-order valence-corrected chi connectivity index (χ4v) is 2.53. The first-order valence-corrected chi connectivity index (χ1v) is 7.65. The largest absolute Gasteiger partial charge is 0.338 e. The lowest BCUT2D eigenvalue weighted by atomic mass is 10.2. The number of thioether (sulfide) groups is 1. The van der Waals surface area contributed by atoms with E-state index in [1.54, 1.807) is 19.1 Å². The van der Waals surface area contributed by atoms with Gasteiger partial charge in [-0.3, -0.25) is 10.1 Å². The maximum absolute atomic E-state index is 11.9. The lowest BCUT2D eigenvalue weighted by Gasteiger charge is -2.12. The molecule has 4 nitrogen and oxygen atoms in total. The van der Waals surface area contributed by atoms with Gasteiger partial charge in [-0.15, -0.1) is 11.8 Å². The summed E-state index contributed by atoms with van der Waals surface area (Å²) in [4.78, 5) is 24.2. The van der Waals surface area contributed by atoms with Gasteiger partial charge in [-0.25, -0.2) is 4.79 Å². The van der Waals surface area contributed by atoms with E-state index in [1.807, 2.05) is 26.0 Å². The van der Waals surface area contributed by atoms with Crippen molar-refractivity contribution in [3.63, 3.8) is 0 Å². The molecule has 1 aromatic carbocycles. The van der Waals surface area contributed by atoms with Crippen LogP contribution in [0.5, 0.6) is 0 Å². The topological polar surface area (TPSA) is 58.2 Å². The monoisotopic (exact) mass is 314 g/mol. The van der Waals surface area contributed by atoms with Gasteiger partial charge in [0.1, 0.15) is 0 Å². The molecule has 0 saturated carbocycles. The zero-order valence-electron chi connectivity index (χ0n) is 11.8. The first-order valence-electron chi connectivity index (χ1n) is 6.39. The number of carbonyl (C=O) groups is 2. The third-order valence-electron chi connectivity index (χ3n) is 2.39. The van der Waals surface area contributed by atoms with E-state index in [4.69, 9.17) is 11.6 Å².